The second kappa shape index (κ2) is 6.03. The number of para-hydroxylation sites is 2. The molecule has 0 fully saturated rings. The van der Waals surface area contributed by atoms with Crippen LogP contribution < -0.4 is 0 Å². The topological polar surface area (TPSA) is 44.1 Å². The highest BCUT2D eigenvalue weighted by molar-refractivity contribution is 5.91. The summed E-state index contributed by atoms with van der Waals surface area (Å²) in [5.74, 6) is 0.687. The van der Waals surface area contributed by atoms with Gasteiger partial charge in [0.1, 0.15) is 11.4 Å². The van der Waals surface area contributed by atoms with Crippen LogP contribution in [0.3, 0.4) is 0 Å². The lowest BCUT2D eigenvalue weighted by atomic mass is 10.0. The van der Waals surface area contributed by atoms with Gasteiger partial charge in [0.2, 0.25) is 0 Å². The van der Waals surface area contributed by atoms with Crippen LogP contribution in [0, 0.1) is 0 Å². The Hall–Kier alpha value is -2.36. The molecule has 0 atom stereocenters. The molecule has 0 amide bonds. The van der Waals surface area contributed by atoms with Crippen molar-refractivity contribution in [2.75, 3.05) is 0 Å². The van der Waals surface area contributed by atoms with Gasteiger partial charge in [-0.15, -0.1) is 0 Å². The minimum atomic E-state index is -0.499. The summed E-state index contributed by atoms with van der Waals surface area (Å²) < 4.78 is 7.32. The van der Waals surface area contributed by atoms with Crippen LogP contribution in [0.1, 0.15) is 45.9 Å². The summed E-state index contributed by atoms with van der Waals surface area (Å²) in [6, 6.07) is 7.68. The number of aromatic nitrogens is 2. The van der Waals surface area contributed by atoms with E-state index >= 15 is 0 Å². The molecular weight excluding hydrogens is 288 g/mol. The molecule has 0 radical (unpaired) electrons. The van der Waals surface area contributed by atoms with Gasteiger partial charge in [-0.3, -0.25) is 0 Å². The Kier molecular flexibility index (Phi) is 4.07. The molecule has 1 aliphatic carbocycles. The number of hydrogen-bond donors (Lipinski definition) is 0. The van der Waals surface area contributed by atoms with E-state index in [0.29, 0.717) is 5.82 Å². The number of hydrogen-bond acceptors (Lipinski definition) is 3. The van der Waals surface area contributed by atoms with E-state index in [2.05, 4.69) is 11.1 Å². The zero-order valence-electron chi connectivity index (χ0n) is 13.9. The minimum Gasteiger partial charge on any atom is -0.443 e. The van der Waals surface area contributed by atoms with Gasteiger partial charge < -0.3 is 4.74 Å². The van der Waals surface area contributed by atoms with Crippen molar-refractivity contribution >= 4 is 22.7 Å². The Balaban J connectivity index is 2.11. The van der Waals surface area contributed by atoms with Crippen molar-refractivity contribution in [3.8, 4) is 0 Å². The molecule has 0 saturated heterocycles. The lowest BCUT2D eigenvalue weighted by Crippen LogP contribution is -2.30. The van der Waals surface area contributed by atoms with Gasteiger partial charge in [-0.2, -0.15) is 0 Å². The molecule has 0 unspecified atom stereocenters. The number of carbonyl (C=O) groups excluding carboxylic acids is 1. The maximum absolute atomic E-state index is 12.8. The van der Waals surface area contributed by atoms with Gasteiger partial charge in [0.15, 0.2) is 0 Å². The van der Waals surface area contributed by atoms with Gasteiger partial charge in [-0.25, -0.2) is 14.3 Å². The number of nitrogens with zero attached hydrogens (tertiary/aromatic N) is 2. The number of imidazole rings is 1. The minimum absolute atomic E-state index is 0.365. The third-order valence-electron chi connectivity index (χ3n) is 4.26. The number of rotatable bonds is 3. The van der Waals surface area contributed by atoms with Crippen LogP contribution >= 0.6 is 0 Å². The third-order valence-corrected chi connectivity index (χ3v) is 4.26. The van der Waals surface area contributed by atoms with Crippen LogP contribution in [0.5, 0.6) is 0 Å². The van der Waals surface area contributed by atoms with E-state index in [0.717, 1.165) is 35.9 Å². The van der Waals surface area contributed by atoms with Crippen LogP contribution in [0.15, 0.2) is 42.5 Å². The molecule has 3 rings (SSSR count). The SMILES string of the molecule is CCC(C)(C)OC(=O)n1c(C2=CC=CCC2)nc2ccccc21. The number of allylic oxidation sites excluding steroid dienone is 4. The van der Waals surface area contributed by atoms with E-state index in [1.165, 1.54) is 0 Å². The van der Waals surface area contributed by atoms with Crippen LogP contribution in [0.4, 0.5) is 4.79 Å². The highest BCUT2D eigenvalue weighted by Gasteiger charge is 2.26. The van der Waals surface area contributed by atoms with E-state index < -0.39 is 5.60 Å². The first-order valence-electron chi connectivity index (χ1n) is 8.09. The summed E-state index contributed by atoms with van der Waals surface area (Å²) in [7, 11) is 0. The predicted molar refractivity (Wildman–Crippen MR) is 92.3 cm³/mol. The first-order chi connectivity index (χ1) is 11.0. The molecule has 2 aromatic rings. The van der Waals surface area contributed by atoms with E-state index in [1.807, 2.05) is 57.2 Å². The molecule has 1 heterocycles. The Morgan fingerprint density at radius 1 is 1.35 bits per heavy atom. The number of benzene rings is 1. The van der Waals surface area contributed by atoms with Crippen LogP contribution in [-0.2, 0) is 4.74 Å². The smallest absolute Gasteiger partial charge is 0.420 e. The van der Waals surface area contributed by atoms with Gasteiger partial charge in [0.25, 0.3) is 0 Å². The lowest BCUT2D eigenvalue weighted by Gasteiger charge is -2.24. The molecule has 0 spiro atoms. The van der Waals surface area contributed by atoms with E-state index in [9.17, 15) is 4.79 Å². The van der Waals surface area contributed by atoms with Crippen LogP contribution in [0.25, 0.3) is 16.6 Å². The molecule has 23 heavy (non-hydrogen) atoms. The van der Waals surface area contributed by atoms with Gasteiger partial charge in [-0.05, 0) is 50.8 Å². The molecule has 1 aromatic carbocycles. The predicted octanol–water partition coefficient (Wildman–Crippen LogP) is 4.94. The molecule has 120 valence electrons. The largest absolute Gasteiger partial charge is 0.443 e. The molecule has 0 aliphatic heterocycles. The molecule has 1 aliphatic rings. The molecule has 1 aromatic heterocycles. The van der Waals surface area contributed by atoms with Gasteiger partial charge in [0.05, 0.1) is 11.0 Å². The number of fused-ring (bicyclic) bond motifs is 1. The van der Waals surface area contributed by atoms with E-state index in [-0.39, 0.29) is 6.09 Å². The van der Waals surface area contributed by atoms with Gasteiger partial charge in [-0.1, -0.05) is 37.3 Å². The third kappa shape index (κ3) is 3.07. The summed E-state index contributed by atoms with van der Waals surface area (Å²) in [5, 5.41) is 0. The monoisotopic (exact) mass is 310 g/mol. The summed E-state index contributed by atoms with van der Waals surface area (Å²) in [6.45, 7) is 5.85. The summed E-state index contributed by atoms with van der Waals surface area (Å²) >= 11 is 0. The number of ether oxygens (including phenoxy) is 1. The zero-order valence-corrected chi connectivity index (χ0v) is 13.9. The number of carbonyl (C=O) groups is 1. The lowest BCUT2D eigenvalue weighted by molar-refractivity contribution is 0.0376. The van der Waals surface area contributed by atoms with Gasteiger partial charge in [0, 0.05) is 0 Å². The van der Waals surface area contributed by atoms with Crippen LogP contribution in [0.2, 0.25) is 0 Å². The standard InChI is InChI=1S/C19H22N2O2/c1-4-19(2,3)23-18(22)21-16-13-9-8-12-15(16)20-17(21)14-10-6-5-7-11-14/h5-6,8-10,12-13H,4,7,11H2,1-3H3. The average Bonchev–Trinajstić information content (AvgIpc) is 2.95. The average molecular weight is 310 g/mol. The quantitative estimate of drug-likeness (QED) is 0.806. The Bertz CT molecular complexity index is 797. The summed E-state index contributed by atoms with van der Waals surface area (Å²) in [6.07, 6.45) is 8.40. The maximum Gasteiger partial charge on any atom is 0.420 e. The summed E-state index contributed by atoms with van der Waals surface area (Å²) in [4.78, 5) is 17.5. The maximum atomic E-state index is 12.8. The molecule has 4 nitrogen and oxygen atoms in total. The molecule has 0 N–H and O–H groups in total. The van der Waals surface area contributed by atoms with Crippen molar-refractivity contribution in [1.82, 2.24) is 9.55 Å². The zero-order chi connectivity index (χ0) is 16.4. The second-order valence-electron chi connectivity index (χ2n) is 6.40. The fourth-order valence-electron chi connectivity index (χ4n) is 2.57. The van der Waals surface area contributed by atoms with Crippen molar-refractivity contribution in [3.63, 3.8) is 0 Å². The van der Waals surface area contributed by atoms with Crippen molar-refractivity contribution in [3.05, 3.63) is 48.3 Å². The van der Waals surface area contributed by atoms with Crippen LogP contribution in [-0.4, -0.2) is 21.2 Å². The fraction of sp³-hybridized carbons (Fsp3) is 0.368. The van der Waals surface area contributed by atoms with E-state index in [4.69, 9.17) is 4.74 Å². The highest BCUT2D eigenvalue weighted by atomic mass is 16.6. The van der Waals surface area contributed by atoms with Crippen molar-refractivity contribution in [2.45, 2.75) is 45.6 Å². The normalized spacial score (nSPS) is 14.8. The second-order valence-corrected chi connectivity index (χ2v) is 6.40. The van der Waals surface area contributed by atoms with Gasteiger partial charge >= 0.3 is 6.09 Å². The first-order valence-corrected chi connectivity index (χ1v) is 8.09. The Morgan fingerprint density at radius 2 is 2.13 bits per heavy atom. The molecular formula is C19H22N2O2. The molecule has 0 bridgehead atoms. The van der Waals surface area contributed by atoms with E-state index in [1.54, 1.807) is 4.57 Å². The summed E-state index contributed by atoms with van der Waals surface area (Å²) in [5.41, 5.74) is 2.16. The highest BCUT2D eigenvalue weighted by Crippen LogP contribution is 2.28. The Labute approximate surface area is 136 Å². The molecule has 4 heteroatoms. The first kappa shape index (κ1) is 15.5. The van der Waals surface area contributed by atoms with Crippen molar-refractivity contribution in [1.29, 1.82) is 0 Å². The van der Waals surface area contributed by atoms with Crippen molar-refractivity contribution in [2.24, 2.45) is 0 Å². The van der Waals surface area contributed by atoms with Crippen molar-refractivity contribution < 1.29 is 9.53 Å². The molecule has 0 saturated carbocycles. The fourth-order valence-corrected chi connectivity index (χ4v) is 2.57. The Morgan fingerprint density at radius 3 is 2.83 bits per heavy atom.